The first kappa shape index (κ1) is 17.5. The lowest BCUT2D eigenvalue weighted by Crippen LogP contribution is -2.48. The molecule has 0 unspecified atom stereocenters. The van der Waals surface area contributed by atoms with Gasteiger partial charge in [0, 0.05) is 41.6 Å². The molecular formula is C15H15BrN4O2S2. The highest BCUT2D eigenvalue weighted by Gasteiger charge is 2.30. The number of hydrogen-bond donors (Lipinski definition) is 0. The SMILES string of the molecule is N#CCN1CCN(S(=O)(=O)c2csc(-c3ccc(Br)cc3)n2)CC1. The highest BCUT2D eigenvalue weighted by molar-refractivity contribution is 9.10. The second-order valence-electron chi connectivity index (χ2n) is 5.34. The minimum atomic E-state index is -3.58. The number of benzene rings is 1. The van der Waals surface area contributed by atoms with E-state index in [4.69, 9.17) is 5.26 Å². The van der Waals surface area contributed by atoms with Crippen molar-refractivity contribution in [3.8, 4) is 16.6 Å². The molecule has 24 heavy (non-hydrogen) atoms. The summed E-state index contributed by atoms with van der Waals surface area (Å²) in [5.74, 6) is 0. The van der Waals surface area contributed by atoms with Crippen molar-refractivity contribution >= 4 is 37.3 Å². The van der Waals surface area contributed by atoms with Crippen molar-refractivity contribution in [2.75, 3.05) is 32.7 Å². The third-order valence-corrected chi connectivity index (χ3v) is 7.16. The second-order valence-corrected chi connectivity index (χ2v) is 8.99. The lowest BCUT2D eigenvalue weighted by Gasteiger charge is -2.31. The average molecular weight is 427 g/mol. The van der Waals surface area contributed by atoms with Gasteiger partial charge in [-0.3, -0.25) is 4.90 Å². The van der Waals surface area contributed by atoms with Crippen molar-refractivity contribution in [3.05, 3.63) is 34.1 Å². The molecule has 0 spiro atoms. The summed E-state index contributed by atoms with van der Waals surface area (Å²) < 4.78 is 27.9. The van der Waals surface area contributed by atoms with Gasteiger partial charge >= 0.3 is 0 Å². The average Bonchev–Trinajstić information content (AvgIpc) is 3.07. The molecule has 1 aromatic carbocycles. The molecule has 3 rings (SSSR count). The largest absolute Gasteiger partial charge is 0.288 e. The molecule has 0 N–H and O–H groups in total. The van der Waals surface area contributed by atoms with Crippen LogP contribution in [0.25, 0.3) is 10.6 Å². The second kappa shape index (κ2) is 7.29. The van der Waals surface area contributed by atoms with Crippen LogP contribution >= 0.6 is 27.3 Å². The maximum absolute atomic E-state index is 12.7. The lowest BCUT2D eigenvalue weighted by atomic mass is 10.2. The van der Waals surface area contributed by atoms with Crippen LogP contribution in [0, 0.1) is 11.3 Å². The molecular weight excluding hydrogens is 412 g/mol. The number of rotatable bonds is 4. The van der Waals surface area contributed by atoms with E-state index in [1.54, 1.807) is 5.38 Å². The van der Waals surface area contributed by atoms with E-state index in [1.807, 2.05) is 29.2 Å². The third kappa shape index (κ3) is 3.68. The fourth-order valence-corrected chi connectivity index (χ4v) is 5.22. The van der Waals surface area contributed by atoms with Crippen LogP contribution in [0.3, 0.4) is 0 Å². The smallest absolute Gasteiger partial charge is 0.261 e. The molecule has 6 nitrogen and oxygen atoms in total. The summed E-state index contributed by atoms with van der Waals surface area (Å²) in [6, 6.07) is 9.70. The van der Waals surface area contributed by atoms with Crippen LogP contribution in [0.4, 0.5) is 0 Å². The van der Waals surface area contributed by atoms with E-state index in [0.717, 1.165) is 10.0 Å². The molecule has 1 saturated heterocycles. The quantitative estimate of drug-likeness (QED) is 0.701. The van der Waals surface area contributed by atoms with Gasteiger partial charge in [0.2, 0.25) is 0 Å². The van der Waals surface area contributed by atoms with Gasteiger partial charge < -0.3 is 0 Å². The molecule has 0 amide bonds. The Morgan fingerprint density at radius 3 is 2.50 bits per heavy atom. The van der Waals surface area contributed by atoms with E-state index in [9.17, 15) is 8.42 Å². The van der Waals surface area contributed by atoms with Gasteiger partial charge in [0.15, 0.2) is 5.03 Å². The Kier molecular flexibility index (Phi) is 5.32. The highest BCUT2D eigenvalue weighted by atomic mass is 79.9. The maximum Gasteiger partial charge on any atom is 0.261 e. The van der Waals surface area contributed by atoms with Crippen molar-refractivity contribution in [1.82, 2.24) is 14.2 Å². The Morgan fingerprint density at radius 1 is 1.21 bits per heavy atom. The molecule has 0 radical (unpaired) electrons. The van der Waals surface area contributed by atoms with E-state index >= 15 is 0 Å². The van der Waals surface area contributed by atoms with E-state index in [1.165, 1.54) is 15.6 Å². The molecule has 0 aliphatic carbocycles. The first-order valence-corrected chi connectivity index (χ1v) is 10.4. The standard InChI is InChI=1S/C15H15BrN4O2S2/c16-13-3-1-12(2-4-13)15-18-14(11-23-15)24(21,22)20-9-7-19(6-5-17)8-10-20/h1-4,11H,6-10H2. The van der Waals surface area contributed by atoms with Crippen molar-refractivity contribution < 1.29 is 8.42 Å². The maximum atomic E-state index is 12.7. The van der Waals surface area contributed by atoms with Gasteiger partial charge in [0.1, 0.15) is 5.01 Å². The molecule has 1 aliphatic heterocycles. The molecule has 9 heteroatoms. The van der Waals surface area contributed by atoms with Crippen LogP contribution in [-0.4, -0.2) is 55.3 Å². The first-order valence-electron chi connectivity index (χ1n) is 7.31. The van der Waals surface area contributed by atoms with Crippen molar-refractivity contribution in [1.29, 1.82) is 5.26 Å². The fourth-order valence-electron chi connectivity index (χ4n) is 2.46. The van der Waals surface area contributed by atoms with Crippen LogP contribution in [-0.2, 0) is 10.0 Å². The predicted molar refractivity (Wildman–Crippen MR) is 96.1 cm³/mol. The number of hydrogen-bond acceptors (Lipinski definition) is 6. The van der Waals surface area contributed by atoms with Crippen LogP contribution in [0.5, 0.6) is 0 Å². The number of halogens is 1. The number of piperazine rings is 1. The van der Waals surface area contributed by atoms with Gasteiger partial charge in [-0.1, -0.05) is 28.1 Å². The molecule has 2 heterocycles. The lowest BCUT2D eigenvalue weighted by molar-refractivity contribution is 0.206. The molecule has 1 aliphatic rings. The minimum Gasteiger partial charge on any atom is -0.288 e. The summed E-state index contributed by atoms with van der Waals surface area (Å²) in [7, 11) is -3.58. The van der Waals surface area contributed by atoms with Crippen LogP contribution in [0.15, 0.2) is 39.1 Å². The van der Waals surface area contributed by atoms with E-state index < -0.39 is 10.0 Å². The minimum absolute atomic E-state index is 0.0964. The van der Waals surface area contributed by atoms with Gasteiger partial charge in [-0.15, -0.1) is 11.3 Å². The topological polar surface area (TPSA) is 77.3 Å². The van der Waals surface area contributed by atoms with Gasteiger partial charge in [-0.2, -0.15) is 9.57 Å². The summed E-state index contributed by atoms with van der Waals surface area (Å²) in [4.78, 5) is 6.26. The van der Waals surface area contributed by atoms with Crippen LogP contribution in [0.1, 0.15) is 0 Å². The normalized spacial score (nSPS) is 16.8. The number of nitrogens with zero attached hydrogens (tertiary/aromatic N) is 4. The Labute approximate surface area is 153 Å². The van der Waals surface area contributed by atoms with Gasteiger partial charge in [-0.25, -0.2) is 13.4 Å². The Bertz CT molecular complexity index is 850. The van der Waals surface area contributed by atoms with Crippen molar-refractivity contribution in [2.45, 2.75) is 5.03 Å². The zero-order valence-electron chi connectivity index (χ0n) is 12.7. The zero-order valence-corrected chi connectivity index (χ0v) is 15.9. The third-order valence-electron chi connectivity index (χ3n) is 3.80. The Hall–Kier alpha value is -1.31. The van der Waals surface area contributed by atoms with Gasteiger partial charge in [0.25, 0.3) is 10.0 Å². The van der Waals surface area contributed by atoms with E-state index in [-0.39, 0.29) is 5.03 Å². The molecule has 0 atom stereocenters. The summed E-state index contributed by atoms with van der Waals surface area (Å²) in [5.41, 5.74) is 0.892. The van der Waals surface area contributed by atoms with Crippen molar-refractivity contribution in [2.24, 2.45) is 0 Å². The zero-order chi connectivity index (χ0) is 17.2. The predicted octanol–water partition coefficient (Wildman–Crippen LogP) is 2.40. The summed E-state index contributed by atoms with van der Waals surface area (Å²) in [5, 5.41) is 11.1. The van der Waals surface area contributed by atoms with Crippen LogP contribution < -0.4 is 0 Å². The number of nitriles is 1. The molecule has 126 valence electrons. The number of aromatic nitrogens is 1. The molecule has 2 aromatic rings. The van der Waals surface area contributed by atoms with E-state index in [2.05, 4.69) is 27.0 Å². The number of thiazole rings is 1. The summed E-state index contributed by atoms with van der Waals surface area (Å²) >= 11 is 4.70. The monoisotopic (exact) mass is 426 g/mol. The number of sulfonamides is 1. The molecule has 0 bridgehead atoms. The van der Waals surface area contributed by atoms with Crippen molar-refractivity contribution in [3.63, 3.8) is 0 Å². The highest BCUT2D eigenvalue weighted by Crippen LogP contribution is 2.28. The molecule has 1 fully saturated rings. The Balaban J connectivity index is 1.77. The molecule has 1 aromatic heterocycles. The fraction of sp³-hybridized carbons (Fsp3) is 0.333. The van der Waals surface area contributed by atoms with Gasteiger partial charge in [0.05, 0.1) is 12.6 Å². The summed E-state index contributed by atoms with van der Waals surface area (Å²) in [6.07, 6.45) is 0. The Morgan fingerprint density at radius 2 is 1.88 bits per heavy atom. The first-order chi connectivity index (χ1) is 11.5. The molecule has 0 saturated carbocycles. The summed E-state index contributed by atoms with van der Waals surface area (Å²) in [6.45, 7) is 2.23. The van der Waals surface area contributed by atoms with Crippen LogP contribution in [0.2, 0.25) is 0 Å². The van der Waals surface area contributed by atoms with Gasteiger partial charge in [-0.05, 0) is 12.1 Å². The van der Waals surface area contributed by atoms with E-state index in [0.29, 0.717) is 37.7 Å².